The van der Waals surface area contributed by atoms with Crippen molar-refractivity contribution in [3.8, 4) is 0 Å². The van der Waals surface area contributed by atoms with E-state index >= 15 is 0 Å². The van der Waals surface area contributed by atoms with E-state index in [0.29, 0.717) is 35.7 Å². The lowest BCUT2D eigenvalue weighted by molar-refractivity contribution is 0.0518. The summed E-state index contributed by atoms with van der Waals surface area (Å²) in [5.41, 5.74) is 12.9. The van der Waals surface area contributed by atoms with Gasteiger partial charge in [-0.1, -0.05) is 24.3 Å². The van der Waals surface area contributed by atoms with Crippen LogP contribution < -0.4 is 11.5 Å². The van der Waals surface area contributed by atoms with E-state index in [0.717, 1.165) is 0 Å². The van der Waals surface area contributed by atoms with Crippen LogP contribution in [0.2, 0.25) is 0 Å². The molecule has 0 heterocycles. The molecule has 0 saturated heterocycles. The Morgan fingerprint density at radius 2 is 1.08 bits per heavy atom. The van der Waals surface area contributed by atoms with Crippen LogP contribution in [-0.4, -0.2) is 25.2 Å². The third-order valence-corrected chi connectivity index (χ3v) is 2.91. The fourth-order valence-electron chi connectivity index (χ4n) is 1.78. The van der Waals surface area contributed by atoms with E-state index in [1.165, 1.54) is 0 Å². The molecule has 0 atom stereocenters. The number of anilines is 2. The second kappa shape index (κ2) is 9.89. The molecule has 0 aliphatic carbocycles. The fourth-order valence-corrected chi connectivity index (χ4v) is 1.78. The fraction of sp³-hybridized carbons (Fsp3) is 0.222. The molecule has 0 aromatic heterocycles. The third-order valence-electron chi connectivity index (χ3n) is 2.91. The van der Waals surface area contributed by atoms with E-state index in [-0.39, 0.29) is 11.9 Å². The van der Waals surface area contributed by atoms with Crippen LogP contribution in [0.25, 0.3) is 0 Å². The van der Waals surface area contributed by atoms with Crippen molar-refractivity contribution in [3.63, 3.8) is 0 Å². The van der Waals surface area contributed by atoms with E-state index in [4.69, 9.17) is 20.9 Å². The minimum atomic E-state index is -0.365. The van der Waals surface area contributed by atoms with Crippen LogP contribution in [-0.2, 0) is 9.47 Å². The summed E-state index contributed by atoms with van der Waals surface area (Å²) in [4.78, 5) is 22.3. The van der Waals surface area contributed by atoms with Crippen LogP contribution in [0.15, 0.2) is 48.5 Å². The summed E-state index contributed by atoms with van der Waals surface area (Å²) in [6, 6.07) is 13.7. The summed E-state index contributed by atoms with van der Waals surface area (Å²) < 4.78 is 9.58. The van der Waals surface area contributed by atoms with Crippen molar-refractivity contribution in [3.05, 3.63) is 59.7 Å². The number of hydrogen-bond donors (Lipinski definition) is 2. The maximum absolute atomic E-state index is 11.2. The van der Waals surface area contributed by atoms with Crippen LogP contribution in [0.3, 0.4) is 0 Å². The molecule has 24 heavy (non-hydrogen) atoms. The van der Waals surface area contributed by atoms with Crippen LogP contribution in [0, 0.1) is 0 Å². The van der Waals surface area contributed by atoms with Gasteiger partial charge in [-0.25, -0.2) is 9.59 Å². The van der Waals surface area contributed by atoms with E-state index in [1.807, 2.05) is 0 Å². The predicted octanol–water partition coefficient (Wildman–Crippen LogP) is 2.89. The minimum Gasteiger partial charge on any atom is -0.462 e. The van der Waals surface area contributed by atoms with Gasteiger partial charge in [-0.15, -0.1) is 0 Å². The molecule has 0 radical (unpaired) electrons. The lowest BCUT2D eigenvalue weighted by Crippen LogP contribution is -2.07. The quantitative estimate of drug-likeness (QED) is 0.660. The van der Waals surface area contributed by atoms with Crippen molar-refractivity contribution in [1.82, 2.24) is 0 Å². The molecule has 2 rings (SSSR count). The molecule has 128 valence electrons. The standard InChI is InChI=1S/2C9H11NO2/c2*1-2-12-9(11)7-5-3-4-6-8(7)10/h2*3-6H,2,10H2,1H3. The Morgan fingerprint density at radius 3 is 1.38 bits per heavy atom. The number of ether oxygens (including phenoxy) is 2. The molecule has 0 spiro atoms. The first-order chi connectivity index (χ1) is 11.5. The van der Waals surface area contributed by atoms with Crippen LogP contribution >= 0.6 is 0 Å². The van der Waals surface area contributed by atoms with Gasteiger partial charge in [0.2, 0.25) is 0 Å². The summed E-state index contributed by atoms with van der Waals surface area (Å²) in [5, 5.41) is 0. The number of rotatable bonds is 4. The van der Waals surface area contributed by atoms with Gasteiger partial charge in [0.05, 0.1) is 24.3 Å². The van der Waals surface area contributed by atoms with Gasteiger partial charge in [0.1, 0.15) is 0 Å². The number of nitrogen functional groups attached to an aromatic ring is 2. The molecule has 0 aliphatic heterocycles. The lowest BCUT2D eigenvalue weighted by Gasteiger charge is -2.03. The number of esters is 2. The second-order valence-electron chi connectivity index (χ2n) is 4.62. The zero-order valence-electron chi connectivity index (χ0n) is 13.8. The first-order valence-electron chi connectivity index (χ1n) is 7.54. The Balaban J connectivity index is 0.000000240. The Morgan fingerprint density at radius 1 is 0.750 bits per heavy atom. The summed E-state index contributed by atoms with van der Waals surface area (Å²) in [7, 11) is 0. The monoisotopic (exact) mass is 330 g/mol. The third kappa shape index (κ3) is 5.64. The van der Waals surface area contributed by atoms with E-state index in [2.05, 4.69) is 0 Å². The van der Waals surface area contributed by atoms with Gasteiger partial charge in [0.25, 0.3) is 0 Å². The molecule has 0 fully saturated rings. The van der Waals surface area contributed by atoms with Crippen molar-refractivity contribution in [1.29, 1.82) is 0 Å². The minimum absolute atomic E-state index is 0.365. The molecular weight excluding hydrogens is 308 g/mol. The number of para-hydroxylation sites is 2. The average Bonchev–Trinajstić information content (AvgIpc) is 2.56. The summed E-state index contributed by atoms with van der Waals surface area (Å²) in [6.45, 7) is 4.26. The van der Waals surface area contributed by atoms with Crippen molar-refractivity contribution in [2.45, 2.75) is 13.8 Å². The highest BCUT2D eigenvalue weighted by Gasteiger charge is 2.08. The van der Waals surface area contributed by atoms with E-state index in [1.54, 1.807) is 62.4 Å². The van der Waals surface area contributed by atoms with E-state index in [9.17, 15) is 9.59 Å². The van der Waals surface area contributed by atoms with Gasteiger partial charge in [-0.3, -0.25) is 0 Å². The van der Waals surface area contributed by atoms with Crippen molar-refractivity contribution in [2.75, 3.05) is 24.7 Å². The summed E-state index contributed by atoms with van der Waals surface area (Å²) in [5.74, 6) is -0.730. The largest absolute Gasteiger partial charge is 0.462 e. The maximum Gasteiger partial charge on any atom is 0.340 e. The van der Waals surface area contributed by atoms with Crippen LogP contribution in [0.4, 0.5) is 11.4 Å². The Hall–Kier alpha value is -3.02. The smallest absolute Gasteiger partial charge is 0.340 e. The highest BCUT2D eigenvalue weighted by molar-refractivity contribution is 5.95. The molecule has 4 N–H and O–H groups in total. The van der Waals surface area contributed by atoms with Crippen LogP contribution in [0.1, 0.15) is 34.6 Å². The molecule has 0 saturated carbocycles. The van der Waals surface area contributed by atoms with Gasteiger partial charge in [-0.05, 0) is 38.1 Å². The highest BCUT2D eigenvalue weighted by atomic mass is 16.5. The zero-order valence-corrected chi connectivity index (χ0v) is 13.8. The average molecular weight is 330 g/mol. The Labute approximate surface area is 141 Å². The molecule has 2 aromatic carbocycles. The summed E-state index contributed by atoms with van der Waals surface area (Å²) >= 11 is 0. The Kier molecular flexibility index (Phi) is 7.84. The lowest BCUT2D eigenvalue weighted by atomic mass is 10.2. The molecule has 0 aliphatic rings. The maximum atomic E-state index is 11.2. The van der Waals surface area contributed by atoms with Gasteiger partial charge in [0, 0.05) is 11.4 Å². The van der Waals surface area contributed by atoms with Crippen molar-refractivity contribution >= 4 is 23.3 Å². The first-order valence-corrected chi connectivity index (χ1v) is 7.54. The second-order valence-corrected chi connectivity index (χ2v) is 4.62. The molecule has 6 heteroatoms. The molecule has 6 nitrogen and oxygen atoms in total. The topological polar surface area (TPSA) is 105 Å². The number of hydrogen-bond acceptors (Lipinski definition) is 6. The van der Waals surface area contributed by atoms with E-state index < -0.39 is 0 Å². The van der Waals surface area contributed by atoms with Gasteiger partial charge in [-0.2, -0.15) is 0 Å². The molecule has 0 bridgehead atoms. The normalized spacial score (nSPS) is 9.42. The number of benzene rings is 2. The number of carbonyl (C=O) groups excluding carboxylic acids is 2. The summed E-state index contributed by atoms with van der Waals surface area (Å²) in [6.07, 6.45) is 0. The predicted molar refractivity (Wildman–Crippen MR) is 93.6 cm³/mol. The molecule has 0 unspecified atom stereocenters. The van der Waals surface area contributed by atoms with Gasteiger partial charge >= 0.3 is 11.9 Å². The van der Waals surface area contributed by atoms with Gasteiger partial charge in [0.15, 0.2) is 0 Å². The van der Waals surface area contributed by atoms with Crippen molar-refractivity contribution < 1.29 is 19.1 Å². The number of nitrogens with two attached hydrogens (primary N) is 2. The highest BCUT2D eigenvalue weighted by Crippen LogP contribution is 2.12. The first kappa shape index (κ1) is 19.0. The zero-order chi connectivity index (χ0) is 17.9. The molecule has 0 amide bonds. The Bertz CT molecular complexity index is 627. The van der Waals surface area contributed by atoms with Gasteiger partial charge < -0.3 is 20.9 Å². The molecular formula is C18H22N2O4. The number of carbonyl (C=O) groups is 2. The SMILES string of the molecule is CCOC(=O)c1ccccc1N.CCOC(=O)c1ccccc1N. The molecule has 2 aromatic rings. The van der Waals surface area contributed by atoms with Crippen molar-refractivity contribution in [2.24, 2.45) is 0 Å². The van der Waals surface area contributed by atoms with Crippen LogP contribution in [0.5, 0.6) is 0 Å².